The van der Waals surface area contributed by atoms with Crippen molar-refractivity contribution in [2.24, 2.45) is 0 Å². The van der Waals surface area contributed by atoms with Crippen LogP contribution in [-0.2, 0) is 0 Å². The largest absolute Gasteiger partial charge is 0.122 e. The normalized spacial score (nSPS) is 44.2. The molecule has 0 spiro atoms. The second-order valence-corrected chi connectivity index (χ2v) is 5.02. The van der Waals surface area contributed by atoms with Crippen molar-refractivity contribution in [1.82, 2.24) is 0 Å². The summed E-state index contributed by atoms with van der Waals surface area (Å²) >= 11 is 18.1. The van der Waals surface area contributed by atoms with Gasteiger partial charge in [0.25, 0.3) is 0 Å². The monoisotopic (exact) mass is 212 g/mol. The van der Waals surface area contributed by atoms with Crippen molar-refractivity contribution in [3.05, 3.63) is 11.1 Å². The molecule has 0 aromatic heterocycles. The predicted molar refractivity (Wildman–Crippen MR) is 51.9 cm³/mol. The van der Waals surface area contributed by atoms with Gasteiger partial charge < -0.3 is 0 Å². The highest BCUT2D eigenvalue weighted by molar-refractivity contribution is 6.40. The Hall–Kier alpha value is 0.610. The Kier molecular flexibility index (Phi) is 2.25. The van der Waals surface area contributed by atoms with Crippen molar-refractivity contribution >= 4 is 34.8 Å². The standard InChI is InChI=1S/C8H11Cl3/c1-5-6(4-9)8(3,11)7(5,2)10/h4H2,1-3H3. The lowest BCUT2D eigenvalue weighted by atomic mass is 9.69. The van der Waals surface area contributed by atoms with E-state index in [0.29, 0.717) is 5.88 Å². The van der Waals surface area contributed by atoms with Gasteiger partial charge in [0.1, 0.15) is 0 Å². The van der Waals surface area contributed by atoms with Crippen LogP contribution >= 0.6 is 34.8 Å². The van der Waals surface area contributed by atoms with Crippen LogP contribution in [0.1, 0.15) is 20.8 Å². The lowest BCUT2D eigenvalue weighted by Gasteiger charge is -2.50. The molecule has 0 fully saturated rings. The minimum absolute atomic E-state index is 0.418. The van der Waals surface area contributed by atoms with Gasteiger partial charge in [0.15, 0.2) is 0 Å². The average molecular weight is 214 g/mol. The number of hydrogen-bond acceptors (Lipinski definition) is 0. The third-order valence-electron chi connectivity index (χ3n) is 2.74. The molecule has 2 unspecified atom stereocenters. The fraction of sp³-hybridized carbons (Fsp3) is 0.750. The molecular weight excluding hydrogens is 202 g/mol. The second kappa shape index (κ2) is 2.55. The van der Waals surface area contributed by atoms with E-state index in [1.807, 2.05) is 20.8 Å². The highest BCUT2D eigenvalue weighted by atomic mass is 35.5. The highest BCUT2D eigenvalue weighted by Crippen LogP contribution is 2.55. The summed E-state index contributed by atoms with van der Waals surface area (Å²) in [6.45, 7) is 5.81. The van der Waals surface area contributed by atoms with Gasteiger partial charge in [0.2, 0.25) is 0 Å². The summed E-state index contributed by atoms with van der Waals surface area (Å²) < 4.78 is 0. The summed E-state index contributed by atoms with van der Waals surface area (Å²) in [5.41, 5.74) is 2.19. The lowest BCUT2D eigenvalue weighted by molar-refractivity contribution is 0.498. The summed E-state index contributed by atoms with van der Waals surface area (Å²) in [6, 6.07) is 0. The molecule has 1 aliphatic rings. The lowest BCUT2D eigenvalue weighted by Crippen LogP contribution is -2.53. The van der Waals surface area contributed by atoms with E-state index in [1.165, 1.54) is 0 Å². The molecule has 11 heavy (non-hydrogen) atoms. The zero-order valence-corrected chi connectivity index (χ0v) is 9.11. The van der Waals surface area contributed by atoms with Gasteiger partial charge in [-0.2, -0.15) is 0 Å². The molecule has 0 aromatic carbocycles. The number of hydrogen-bond donors (Lipinski definition) is 0. The van der Waals surface area contributed by atoms with Gasteiger partial charge in [-0.15, -0.1) is 34.8 Å². The van der Waals surface area contributed by atoms with Gasteiger partial charge in [-0.1, -0.05) is 0 Å². The molecule has 0 N–H and O–H groups in total. The fourth-order valence-electron chi connectivity index (χ4n) is 1.43. The Bertz CT molecular complexity index is 213. The maximum Gasteiger partial charge on any atom is 0.0868 e. The van der Waals surface area contributed by atoms with Gasteiger partial charge in [0, 0.05) is 5.88 Å². The molecule has 0 nitrogen and oxygen atoms in total. The van der Waals surface area contributed by atoms with E-state index in [1.54, 1.807) is 0 Å². The van der Waals surface area contributed by atoms with Crippen LogP contribution in [0.4, 0.5) is 0 Å². The Morgan fingerprint density at radius 1 is 1.18 bits per heavy atom. The molecule has 0 heterocycles. The summed E-state index contributed by atoms with van der Waals surface area (Å²) in [5.74, 6) is 0.480. The van der Waals surface area contributed by atoms with Crippen LogP contribution in [0.15, 0.2) is 11.1 Å². The molecule has 0 aromatic rings. The fourth-order valence-corrected chi connectivity index (χ4v) is 2.55. The van der Waals surface area contributed by atoms with E-state index in [0.717, 1.165) is 11.1 Å². The van der Waals surface area contributed by atoms with Crippen molar-refractivity contribution in [3.8, 4) is 0 Å². The molecule has 0 saturated heterocycles. The van der Waals surface area contributed by atoms with E-state index in [4.69, 9.17) is 34.8 Å². The summed E-state index contributed by atoms with van der Waals surface area (Å²) in [5, 5.41) is 0. The number of rotatable bonds is 1. The number of allylic oxidation sites excluding steroid dienone is 2. The third-order valence-corrected chi connectivity index (χ3v) is 4.37. The highest BCUT2D eigenvalue weighted by Gasteiger charge is 2.55. The molecule has 1 rings (SSSR count). The Morgan fingerprint density at radius 2 is 1.64 bits per heavy atom. The van der Waals surface area contributed by atoms with Gasteiger partial charge in [0.05, 0.1) is 9.75 Å². The van der Waals surface area contributed by atoms with Crippen LogP contribution in [0.2, 0.25) is 0 Å². The quantitative estimate of drug-likeness (QED) is 0.462. The average Bonchev–Trinajstić information content (AvgIpc) is 1.88. The first kappa shape index (κ1) is 9.70. The molecule has 64 valence electrons. The molecule has 0 amide bonds. The number of alkyl halides is 3. The summed E-state index contributed by atoms with van der Waals surface area (Å²) in [6.07, 6.45) is 0. The zero-order chi connectivity index (χ0) is 8.86. The van der Waals surface area contributed by atoms with Gasteiger partial charge in [-0.05, 0) is 31.9 Å². The molecule has 0 aliphatic heterocycles. The van der Waals surface area contributed by atoms with E-state index < -0.39 is 9.75 Å². The second-order valence-electron chi connectivity index (χ2n) is 3.24. The maximum absolute atomic E-state index is 6.18. The third kappa shape index (κ3) is 1.03. The SMILES string of the molecule is CC1=C(CCl)C(C)(Cl)C1(C)Cl. The van der Waals surface area contributed by atoms with Crippen LogP contribution in [0.3, 0.4) is 0 Å². The van der Waals surface area contributed by atoms with Crippen LogP contribution < -0.4 is 0 Å². The topological polar surface area (TPSA) is 0 Å². The van der Waals surface area contributed by atoms with Gasteiger partial charge in [-0.25, -0.2) is 0 Å². The summed E-state index contributed by atoms with van der Waals surface area (Å²) in [4.78, 5) is -0.876. The minimum atomic E-state index is -0.458. The Labute approximate surface area is 82.5 Å². The molecule has 0 bridgehead atoms. The van der Waals surface area contributed by atoms with E-state index in [9.17, 15) is 0 Å². The Balaban J connectivity index is 3.07. The molecule has 0 radical (unpaired) electrons. The molecule has 0 saturated carbocycles. The van der Waals surface area contributed by atoms with E-state index >= 15 is 0 Å². The van der Waals surface area contributed by atoms with Crippen LogP contribution in [0.25, 0.3) is 0 Å². The predicted octanol–water partition coefficient (Wildman–Crippen LogP) is 3.55. The van der Waals surface area contributed by atoms with Crippen molar-refractivity contribution in [1.29, 1.82) is 0 Å². The smallest absolute Gasteiger partial charge is 0.0868 e. The zero-order valence-electron chi connectivity index (χ0n) is 6.84. The van der Waals surface area contributed by atoms with E-state index in [-0.39, 0.29) is 0 Å². The Morgan fingerprint density at radius 3 is 1.82 bits per heavy atom. The first-order valence-corrected chi connectivity index (χ1v) is 4.79. The van der Waals surface area contributed by atoms with E-state index in [2.05, 4.69) is 0 Å². The van der Waals surface area contributed by atoms with Crippen LogP contribution in [-0.4, -0.2) is 15.6 Å². The molecular formula is C8H11Cl3. The van der Waals surface area contributed by atoms with Crippen molar-refractivity contribution < 1.29 is 0 Å². The van der Waals surface area contributed by atoms with Crippen LogP contribution in [0, 0.1) is 0 Å². The van der Waals surface area contributed by atoms with Gasteiger partial charge >= 0.3 is 0 Å². The van der Waals surface area contributed by atoms with Gasteiger partial charge in [-0.3, -0.25) is 0 Å². The molecule has 3 heteroatoms. The first-order chi connectivity index (χ1) is 4.85. The van der Waals surface area contributed by atoms with Crippen molar-refractivity contribution in [2.75, 3.05) is 5.88 Å². The molecule has 2 atom stereocenters. The maximum atomic E-state index is 6.18. The summed E-state index contributed by atoms with van der Waals surface area (Å²) in [7, 11) is 0. The van der Waals surface area contributed by atoms with Crippen molar-refractivity contribution in [3.63, 3.8) is 0 Å². The van der Waals surface area contributed by atoms with Crippen molar-refractivity contribution in [2.45, 2.75) is 30.5 Å². The van der Waals surface area contributed by atoms with Crippen LogP contribution in [0.5, 0.6) is 0 Å². The molecule has 1 aliphatic carbocycles. The minimum Gasteiger partial charge on any atom is -0.122 e. The first-order valence-electron chi connectivity index (χ1n) is 3.50. The number of halogens is 3.